The van der Waals surface area contributed by atoms with E-state index < -0.39 is 0 Å². The highest BCUT2D eigenvalue weighted by Crippen LogP contribution is 2.42. The summed E-state index contributed by atoms with van der Waals surface area (Å²) in [6.45, 7) is 8.53. The van der Waals surface area contributed by atoms with E-state index in [9.17, 15) is 4.79 Å². The minimum atomic E-state index is -0.0178. The highest BCUT2D eigenvalue weighted by molar-refractivity contribution is 5.72. The molecule has 0 saturated heterocycles. The zero-order valence-corrected chi connectivity index (χ0v) is 13.3. The summed E-state index contributed by atoms with van der Waals surface area (Å²) in [6, 6.07) is 0. The lowest BCUT2D eigenvalue weighted by Crippen LogP contribution is -2.39. The minimum Gasteiger partial charge on any atom is -0.461 e. The molecule has 0 fully saturated rings. The van der Waals surface area contributed by atoms with Gasteiger partial charge in [0.05, 0.1) is 5.92 Å². The van der Waals surface area contributed by atoms with Crippen LogP contribution in [0, 0.1) is 23.7 Å². The molecule has 5 atom stereocenters. The Morgan fingerprint density at radius 1 is 1.45 bits per heavy atom. The minimum absolute atomic E-state index is 0.0148. The van der Waals surface area contributed by atoms with E-state index in [2.05, 4.69) is 32.1 Å². The number of rotatable bonds is 4. The van der Waals surface area contributed by atoms with Crippen molar-refractivity contribution in [2.24, 2.45) is 23.7 Å². The van der Waals surface area contributed by atoms with Gasteiger partial charge in [-0.1, -0.05) is 52.3 Å². The van der Waals surface area contributed by atoms with Crippen molar-refractivity contribution in [1.82, 2.24) is 0 Å². The fraction of sp³-hybridized carbons (Fsp3) is 0.722. The van der Waals surface area contributed by atoms with Gasteiger partial charge in [0.1, 0.15) is 6.10 Å². The zero-order chi connectivity index (χ0) is 14.7. The van der Waals surface area contributed by atoms with Crippen molar-refractivity contribution < 1.29 is 9.53 Å². The second-order valence-electron chi connectivity index (χ2n) is 6.38. The summed E-state index contributed by atoms with van der Waals surface area (Å²) in [7, 11) is 0. The number of allylic oxidation sites excluding steroid dienone is 3. The van der Waals surface area contributed by atoms with Crippen molar-refractivity contribution in [2.75, 3.05) is 0 Å². The number of carbonyl (C=O) groups is 1. The first-order valence-corrected chi connectivity index (χ1v) is 8.17. The Hall–Kier alpha value is -1.05. The normalized spacial score (nSPS) is 34.1. The van der Waals surface area contributed by atoms with E-state index in [1.54, 1.807) is 0 Å². The van der Waals surface area contributed by atoms with E-state index >= 15 is 0 Å². The average Bonchev–Trinajstić information content (AvgIpc) is 2.46. The summed E-state index contributed by atoms with van der Waals surface area (Å²) in [5.41, 5.74) is 1.39. The van der Waals surface area contributed by atoms with Crippen molar-refractivity contribution in [3.63, 3.8) is 0 Å². The third-order valence-electron chi connectivity index (χ3n) is 5.10. The molecule has 0 saturated carbocycles. The monoisotopic (exact) mass is 276 g/mol. The van der Waals surface area contributed by atoms with Crippen molar-refractivity contribution in [1.29, 1.82) is 0 Å². The van der Waals surface area contributed by atoms with Gasteiger partial charge in [0.2, 0.25) is 0 Å². The third-order valence-corrected chi connectivity index (χ3v) is 5.10. The molecule has 1 unspecified atom stereocenters. The van der Waals surface area contributed by atoms with Gasteiger partial charge in [-0.15, -0.1) is 0 Å². The van der Waals surface area contributed by atoms with Gasteiger partial charge in [0.25, 0.3) is 0 Å². The molecule has 2 aliphatic rings. The Kier molecular flexibility index (Phi) is 5.06. The molecule has 20 heavy (non-hydrogen) atoms. The lowest BCUT2D eigenvalue weighted by Gasteiger charge is -2.41. The quantitative estimate of drug-likeness (QED) is 0.706. The first-order chi connectivity index (χ1) is 9.58. The molecule has 2 aliphatic carbocycles. The summed E-state index contributed by atoms with van der Waals surface area (Å²) >= 11 is 0. The summed E-state index contributed by atoms with van der Waals surface area (Å²) in [5.74, 6) is 1.57. The predicted octanol–water partition coefficient (Wildman–Crippen LogP) is 4.51. The van der Waals surface area contributed by atoms with Gasteiger partial charge in [-0.2, -0.15) is 0 Å². The molecule has 2 heteroatoms. The summed E-state index contributed by atoms with van der Waals surface area (Å²) in [5, 5.41) is 0. The number of carbonyl (C=O) groups excluding carboxylic acids is 1. The van der Waals surface area contributed by atoms with Crippen molar-refractivity contribution >= 4 is 5.97 Å². The molecular weight excluding hydrogens is 248 g/mol. The molecule has 2 nitrogen and oxygen atoms in total. The SMILES string of the molecule is CC[C@@H]1C2C(=CCC[C@@H]2OC(=O)[C@@H](C)CC)C=C[C@@H]1C. The van der Waals surface area contributed by atoms with Gasteiger partial charge < -0.3 is 4.74 Å². The van der Waals surface area contributed by atoms with Crippen LogP contribution in [0.15, 0.2) is 23.8 Å². The molecule has 0 radical (unpaired) electrons. The smallest absolute Gasteiger partial charge is 0.308 e. The van der Waals surface area contributed by atoms with Crippen LogP contribution in [0.5, 0.6) is 0 Å². The molecule has 0 bridgehead atoms. The van der Waals surface area contributed by atoms with E-state index in [1.165, 1.54) is 5.57 Å². The van der Waals surface area contributed by atoms with Crippen LogP contribution < -0.4 is 0 Å². The second-order valence-corrected chi connectivity index (χ2v) is 6.38. The zero-order valence-electron chi connectivity index (χ0n) is 13.3. The number of hydrogen-bond donors (Lipinski definition) is 0. The van der Waals surface area contributed by atoms with Crippen molar-refractivity contribution in [3.05, 3.63) is 23.8 Å². The van der Waals surface area contributed by atoms with Gasteiger partial charge in [-0.05, 0) is 36.7 Å². The molecule has 0 aliphatic heterocycles. The van der Waals surface area contributed by atoms with Crippen molar-refractivity contribution in [3.8, 4) is 0 Å². The van der Waals surface area contributed by atoms with Crippen LogP contribution in [-0.2, 0) is 9.53 Å². The predicted molar refractivity (Wildman–Crippen MR) is 82.2 cm³/mol. The van der Waals surface area contributed by atoms with Crippen LogP contribution in [0.2, 0.25) is 0 Å². The molecular formula is C18H28O2. The lowest BCUT2D eigenvalue weighted by atomic mass is 9.67. The highest BCUT2D eigenvalue weighted by Gasteiger charge is 2.39. The maximum absolute atomic E-state index is 12.1. The van der Waals surface area contributed by atoms with Crippen LogP contribution in [-0.4, -0.2) is 12.1 Å². The fourth-order valence-corrected chi connectivity index (χ4v) is 3.57. The van der Waals surface area contributed by atoms with Crippen LogP contribution in [0.3, 0.4) is 0 Å². The maximum Gasteiger partial charge on any atom is 0.308 e. The Labute approximate surface area is 123 Å². The summed E-state index contributed by atoms with van der Waals surface area (Å²) in [4.78, 5) is 12.1. The van der Waals surface area contributed by atoms with Gasteiger partial charge in [-0.25, -0.2) is 0 Å². The van der Waals surface area contributed by atoms with E-state index in [4.69, 9.17) is 4.74 Å². The Bertz CT molecular complexity index is 408. The molecule has 0 aromatic carbocycles. The molecule has 0 aromatic heterocycles. The topological polar surface area (TPSA) is 26.3 Å². The molecule has 2 rings (SSSR count). The lowest BCUT2D eigenvalue weighted by molar-refractivity contribution is -0.157. The highest BCUT2D eigenvalue weighted by atomic mass is 16.5. The average molecular weight is 276 g/mol. The number of fused-ring (bicyclic) bond motifs is 1. The standard InChI is InChI=1S/C18H28O2/c1-5-12(3)18(19)20-16-9-7-8-14-11-10-13(4)15(6-2)17(14)16/h8,10-13,15-17H,5-7,9H2,1-4H3/t12-,13-,15-,16-,17?/m0/s1. The fourth-order valence-electron chi connectivity index (χ4n) is 3.57. The number of esters is 1. The number of ether oxygens (including phenoxy) is 1. The van der Waals surface area contributed by atoms with E-state index in [1.807, 2.05) is 13.8 Å². The van der Waals surface area contributed by atoms with Gasteiger partial charge in [-0.3, -0.25) is 4.79 Å². The van der Waals surface area contributed by atoms with Gasteiger partial charge in [0, 0.05) is 5.92 Å². The number of hydrogen-bond acceptors (Lipinski definition) is 2. The first kappa shape index (κ1) is 15.3. The van der Waals surface area contributed by atoms with Gasteiger partial charge >= 0.3 is 5.97 Å². The van der Waals surface area contributed by atoms with Crippen LogP contribution in [0.25, 0.3) is 0 Å². The van der Waals surface area contributed by atoms with Crippen LogP contribution in [0.1, 0.15) is 53.4 Å². The molecule has 0 amide bonds. The van der Waals surface area contributed by atoms with Gasteiger partial charge in [0.15, 0.2) is 0 Å². The van der Waals surface area contributed by atoms with E-state index in [0.717, 1.165) is 25.7 Å². The molecule has 0 aromatic rings. The maximum atomic E-state index is 12.1. The summed E-state index contributed by atoms with van der Waals surface area (Å²) in [6.07, 6.45) is 11.0. The molecule has 0 heterocycles. The van der Waals surface area contributed by atoms with E-state index in [0.29, 0.717) is 17.8 Å². The Morgan fingerprint density at radius 3 is 2.85 bits per heavy atom. The first-order valence-electron chi connectivity index (χ1n) is 8.17. The van der Waals surface area contributed by atoms with Crippen LogP contribution >= 0.6 is 0 Å². The van der Waals surface area contributed by atoms with E-state index in [-0.39, 0.29) is 18.0 Å². The second kappa shape index (κ2) is 6.60. The summed E-state index contributed by atoms with van der Waals surface area (Å²) < 4.78 is 5.88. The Morgan fingerprint density at radius 2 is 2.20 bits per heavy atom. The largest absolute Gasteiger partial charge is 0.461 e. The Balaban J connectivity index is 2.16. The van der Waals surface area contributed by atoms with Crippen LogP contribution in [0.4, 0.5) is 0 Å². The van der Waals surface area contributed by atoms with Crippen molar-refractivity contribution in [2.45, 2.75) is 59.5 Å². The molecule has 0 N–H and O–H groups in total. The molecule has 112 valence electrons. The molecule has 0 spiro atoms. The third kappa shape index (κ3) is 2.99.